The number of imidazole rings is 1. The van der Waals surface area contributed by atoms with Crippen molar-refractivity contribution in [2.45, 2.75) is 51.9 Å². The minimum atomic E-state index is -0.513. The Labute approximate surface area is 220 Å². The molecule has 5 heterocycles. The first kappa shape index (κ1) is 25.0. The molecule has 1 aromatic carbocycles. The van der Waals surface area contributed by atoms with Gasteiger partial charge in [-0.25, -0.2) is 23.7 Å². The summed E-state index contributed by atoms with van der Waals surface area (Å²) in [6.45, 7) is 10.1. The Kier molecular flexibility index (Phi) is 6.63. The second-order valence-electron chi connectivity index (χ2n) is 10.5. The Hall–Kier alpha value is -3.34. The zero-order chi connectivity index (χ0) is 26.4. The molecule has 2 aliphatic rings. The molecule has 38 heavy (non-hydrogen) atoms. The summed E-state index contributed by atoms with van der Waals surface area (Å²) in [6, 6.07) is 5.25. The van der Waals surface area contributed by atoms with Gasteiger partial charge in [0, 0.05) is 67.5 Å². The minimum absolute atomic E-state index is 0.0900. The molecule has 0 spiro atoms. The first-order valence-electron chi connectivity index (χ1n) is 13.1. The summed E-state index contributed by atoms with van der Waals surface area (Å²) in [5.41, 5.74) is 3.30. The van der Waals surface area contributed by atoms with E-state index in [0.29, 0.717) is 40.6 Å². The van der Waals surface area contributed by atoms with Crippen molar-refractivity contribution in [2.24, 2.45) is 0 Å². The fourth-order valence-electron chi connectivity index (χ4n) is 5.65. The van der Waals surface area contributed by atoms with Crippen LogP contribution in [0.1, 0.15) is 42.8 Å². The number of ether oxygens (including phenoxy) is 1. The molecule has 2 atom stereocenters. The summed E-state index contributed by atoms with van der Waals surface area (Å²) in [7, 11) is 0. The monoisotopic (exact) mass is 519 g/mol. The maximum Gasteiger partial charge on any atom is 0.151 e. The maximum atomic E-state index is 15.0. The largest absolute Gasteiger partial charge is 0.374 e. The molecule has 10 heteroatoms. The molecular formula is C28H31F2N7O. The molecule has 1 N–H and O–H groups in total. The highest BCUT2D eigenvalue weighted by molar-refractivity contribution is 5.83. The molecule has 0 amide bonds. The van der Waals surface area contributed by atoms with E-state index < -0.39 is 11.6 Å². The standard InChI is InChI=1S/C28H31F2N7O/c1-16(2)37-17(3)35-28-22(29)6-19(7-25(28)37)21-8-20(32-12-23(21)30)9-27-33-10-18(11-34-27)13-36-14-24-26(15-36)38-5-4-31-24/h6-8,10-12,16,24,26,31H,4-5,9,13-15H2,1-3H3. The number of halogens is 2. The van der Waals surface area contributed by atoms with Gasteiger partial charge >= 0.3 is 0 Å². The van der Waals surface area contributed by atoms with Crippen LogP contribution in [0.25, 0.3) is 22.2 Å². The number of aromatic nitrogens is 5. The van der Waals surface area contributed by atoms with Crippen molar-refractivity contribution in [3.63, 3.8) is 0 Å². The Morgan fingerprint density at radius 1 is 1.05 bits per heavy atom. The van der Waals surface area contributed by atoms with E-state index in [2.05, 4.69) is 30.2 Å². The summed E-state index contributed by atoms with van der Waals surface area (Å²) >= 11 is 0. The van der Waals surface area contributed by atoms with Gasteiger partial charge in [-0.1, -0.05) is 0 Å². The molecule has 6 rings (SSSR count). The van der Waals surface area contributed by atoms with E-state index in [1.165, 1.54) is 12.3 Å². The van der Waals surface area contributed by atoms with Crippen molar-refractivity contribution in [3.05, 3.63) is 71.3 Å². The van der Waals surface area contributed by atoms with Crippen LogP contribution in [0.4, 0.5) is 8.78 Å². The van der Waals surface area contributed by atoms with Crippen LogP contribution in [0, 0.1) is 18.6 Å². The third-order valence-electron chi connectivity index (χ3n) is 7.35. The van der Waals surface area contributed by atoms with Crippen LogP contribution >= 0.6 is 0 Å². The molecule has 2 aliphatic heterocycles. The number of morpholine rings is 1. The van der Waals surface area contributed by atoms with E-state index in [-0.39, 0.29) is 17.7 Å². The van der Waals surface area contributed by atoms with Crippen molar-refractivity contribution in [1.82, 2.24) is 34.7 Å². The van der Waals surface area contributed by atoms with Crippen LogP contribution in [-0.2, 0) is 17.7 Å². The van der Waals surface area contributed by atoms with E-state index in [1.807, 2.05) is 37.7 Å². The van der Waals surface area contributed by atoms with Crippen LogP contribution in [-0.4, -0.2) is 67.8 Å². The second-order valence-corrected chi connectivity index (χ2v) is 10.5. The summed E-state index contributed by atoms with van der Waals surface area (Å²) in [5.74, 6) is 0.321. The summed E-state index contributed by atoms with van der Waals surface area (Å²) < 4.78 is 37.7. The Bertz CT molecular complexity index is 1460. The molecular weight excluding hydrogens is 488 g/mol. The normalized spacial score (nSPS) is 19.9. The number of pyridine rings is 1. The lowest BCUT2D eigenvalue weighted by Gasteiger charge is -2.25. The number of hydrogen-bond acceptors (Lipinski definition) is 7. The molecule has 0 saturated carbocycles. The zero-order valence-electron chi connectivity index (χ0n) is 21.8. The van der Waals surface area contributed by atoms with Crippen molar-refractivity contribution >= 4 is 11.0 Å². The third-order valence-corrected chi connectivity index (χ3v) is 7.35. The lowest BCUT2D eigenvalue weighted by atomic mass is 10.0. The molecule has 2 fully saturated rings. The van der Waals surface area contributed by atoms with E-state index in [0.717, 1.165) is 44.2 Å². The molecule has 2 saturated heterocycles. The Morgan fingerprint density at radius 3 is 2.63 bits per heavy atom. The number of rotatable bonds is 6. The van der Waals surface area contributed by atoms with Crippen LogP contribution in [0.15, 0.2) is 36.8 Å². The summed E-state index contributed by atoms with van der Waals surface area (Å²) in [4.78, 5) is 20.0. The van der Waals surface area contributed by atoms with Crippen LogP contribution in [0.5, 0.6) is 0 Å². The van der Waals surface area contributed by atoms with Gasteiger partial charge < -0.3 is 14.6 Å². The second kappa shape index (κ2) is 10.1. The fourth-order valence-corrected chi connectivity index (χ4v) is 5.65. The Balaban J connectivity index is 1.20. The number of hydrogen-bond donors (Lipinski definition) is 1. The average molecular weight is 520 g/mol. The quantitative estimate of drug-likeness (QED) is 0.415. The predicted molar refractivity (Wildman–Crippen MR) is 140 cm³/mol. The van der Waals surface area contributed by atoms with Crippen LogP contribution in [0.3, 0.4) is 0 Å². The molecule has 2 unspecified atom stereocenters. The van der Waals surface area contributed by atoms with Crippen molar-refractivity contribution in [1.29, 1.82) is 0 Å². The number of nitrogens with zero attached hydrogens (tertiary/aromatic N) is 6. The lowest BCUT2D eigenvalue weighted by Crippen LogP contribution is -2.47. The van der Waals surface area contributed by atoms with Crippen LogP contribution in [0.2, 0.25) is 0 Å². The van der Waals surface area contributed by atoms with Gasteiger partial charge in [-0.2, -0.15) is 0 Å². The molecule has 0 bridgehead atoms. The Morgan fingerprint density at radius 2 is 1.87 bits per heavy atom. The smallest absolute Gasteiger partial charge is 0.151 e. The SMILES string of the molecule is Cc1nc2c(F)cc(-c3cc(Cc4ncc(CN5CC6NCCOC6C5)cn4)ncc3F)cc2n1C(C)C. The first-order valence-corrected chi connectivity index (χ1v) is 13.1. The predicted octanol–water partition coefficient (Wildman–Crippen LogP) is 3.82. The van der Waals surface area contributed by atoms with Gasteiger partial charge in [0.2, 0.25) is 0 Å². The van der Waals surface area contributed by atoms with Gasteiger partial charge in [-0.05, 0) is 44.5 Å². The molecule has 0 aliphatic carbocycles. The number of aryl methyl sites for hydroxylation is 1. The van der Waals surface area contributed by atoms with Gasteiger partial charge in [0.05, 0.1) is 30.8 Å². The summed E-state index contributed by atoms with van der Waals surface area (Å²) in [6.07, 6.45) is 5.43. The zero-order valence-corrected chi connectivity index (χ0v) is 21.8. The molecule has 4 aromatic rings. The van der Waals surface area contributed by atoms with Crippen molar-refractivity contribution < 1.29 is 13.5 Å². The van der Waals surface area contributed by atoms with Gasteiger partial charge in [-0.3, -0.25) is 9.88 Å². The van der Waals surface area contributed by atoms with Gasteiger partial charge in [0.15, 0.2) is 5.82 Å². The average Bonchev–Trinajstić information content (AvgIpc) is 3.46. The number of likely N-dealkylation sites (tertiary alicyclic amines) is 1. The molecule has 0 radical (unpaired) electrons. The highest BCUT2D eigenvalue weighted by atomic mass is 19.1. The number of nitrogens with one attached hydrogen (secondary N) is 1. The van der Waals surface area contributed by atoms with Gasteiger partial charge in [-0.15, -0.1) is 0 Å². The topological polar surface area (TPSA) is 81.0 Å². The van der Waals surface area contributed by atoms with E-state index in [9.17, 15) is 8.78 Å². The van der Waals surface area contributed by atoms with Gasteiger partial charge in [0.25, 0.3) is 0 Å². The van der Waals surface area contributed by atoms with Crippen molar-refractivity contribution in [2.75, 3.05) is 26.2 Å². The van der Waals surface area contributed by atoms with E-state index in [4.69, 9.17) is 4.74 Å². The first-order chi connectivity index (χ1) is 18.4. The van der Waals surface area contributed by atoms with E-state index >= 15 is 0 Å². The van der Waals surface area contributed by atoms with Gasteiger partial charge in [0.1, 0.15) is 23.0 Å². The highest BCUT2D eigenvalue weighted by Gasteiger charge is 2.35. The highest BCUT2D eigenvalue weighted by Crippen LogP contribution is 2.31. The fraction of sp³-hybridized carbons (Fsp3) is 0.429. The van der Waals surface area contributed by atoms with E-state index in [1.54, 1.807) is 12.1 Å². The third kappa shape index (κ3) is 4.79. The number of benzene rings is 1. The van der Waals surface area contributed by atoms with Crippen molar-refractivity contribution in [3.8, 4) is 11.1 Å². The minimum Gasteiger partial charge on any atom is -0.374 e. The van der Waals surface area contributed by atoms with Crippen LogP contribution < -0.4 is 5.32 Å². The number of fused-ring (bicyclic) bond motifs is 2. The molecule has 3 aromatic heterocycles. The summed E-state index contributed by atoms with van der Waals surface area (Å²) in [5, 5.41) is 3.52. The molecule has 198 valence electrons. The maximum absolute atomic E-state index is 15.0. The lowest BCUT2D eigenvalue weighted by molar-refractivity contribution is 0.0175. The molecule has 8 nitrogen and oxygen atoms in total.